The molecule has 0 fully saturated rings. The average molecular weight is 266 g/mol. The summed E-state index contributed by atoms with van der Waals surface area (Å²) < 4.78 is 0. The molecule has 0 radical (unpaired) electrons. The monoisotopic (exact) mass is 265 g/mol. The van der Waals surface area contributed by atoms with Gasteiger partial charge in [0, 0.05) is 27.9 Å². The molecule has 0 aliphatic heterocycles. The van der Waals surface area contributed by atoms with Crippen LogP contribution in [0.2, 0.25) is 0 Å². The van der Waals surface area contributed by atoms with Crippen molar-refractivity contribution >= 4 is 28.6 Å². The minimum Gasteiger partial charge on any atom is -0.380 e. The van der Waals surface area contributed by atoms with Crippen molar-refractivity contribution in [3.05, 3.63) is 51.7 Å². The lowest BCUT2D eigenvalue weighted by Crippen LogP contribution is -1.97. The molecule has 0 bridgehead atoms. The van der Waals surface area contributed by atoms with Gasteiger partial charge in [-0.1, -0.05) is 19.1 Å². The predicted molar refractivity (Wildman–Crippen MR) is 77.0 cm³/mol. The summed E-state index contributed by atoms with van der Waals surface area (Å²) in [4.78, 5) is 2.81. The van der Waals surface area contributed by atoms with Crippen LogP contribution >= 0.6 is 22.9 Å². The maximum Gasteiger partial charge on any atom is 0.0494 e. The quantitative estimate of drug-likeness (QED) is 0.776. The highest BCUT2D eigenvalue weighted by Gasteiger charge is 1.99. The minimum absolute atomic E-state index is 0.564. The zero-order chi connectivity index (χ0) is 12.1. The van der Waals surface area contributed by atoms with Gasteiger partial charge >= 0.3 is 0 Å². The van der Waals surface area contributed by atoms with Crippen molar-refractivity contribution in [1.82, 2.24) is 0 Å². The van der Waals surface area contributed by atoms with E-state index in [1.54, 1.807) is 0 Å². The number of aryl methyl sites for hydroxylation is 1. The number of benzene rings is 1. The summed E-state index contributed by atoms with van der Waals surface area (Å²) in [5.41, 5.74) is 2.28. The van der Waals surface area contributed by atoms with Gasteiger partial charge in [0.15, 0.2) is 0 Å². The molecule has 1 N–H and O–H groups in total. The molecule has 0 spiro atoms. The second kappa shape index (κ2) is 6.08. The number of thiophene rings is 1. The van der Waals surface area contributed by atoms with Crippen molar-refractivity contribution in [1.29, 1.82) is 0 Å². The van der Waals surface area contributed by atoms with E-state index < -0.39 is 0 Å². The highest BCUT2D eigenvalue weighted by molar-refractivity contribution is 7.12. The fourth-order valence-electron chi connectivity index (χ4n) is 1.66. The molecule has 90 valence electrons. The van der Waals surface area contributed by atoms with Gasteiger partial charge < -0.3 is 5.32 Å². The Balaban J connectivity index is 1.96. The lowest BCUT2D eigenvalue weighted by molar-refractivity contribution is 1.18. The summed E-state index contributed by atoms with van der Waals surface area (Å²) in [5.74, 6) is 0.564. The van der Waals surface area contributed by atoms with Crippen LogP contribution in [0.4, 0.5) is 5.69 Å². The lowest BCUT2D eigenvalue weighted by atomic mass is 10.2. The van der Waals surface area contributed by atoms with E-state index in [1.807, 2.05) is 23.5 Å². The standard InChI is InChI=1S/C14H16ClNS/c1-2-13-6-7-14(17-13)10-16-12-5-3-4-11(8-12)9-15/h3-8,16H,2,9-10H2,1H3. The van der Waals surface area contributed by atoms with Crippen molar-refractivity contribution in [2.24, 2.45) is 0 Å². The van der Waals surface area contributed by atoms with Gasteiger partial charge in [0.2, 0.25) is 0 Å². The van der Waals surface area contributed by atoms with E-state index in [0.29, 0.717) is 5.88 Å². The Morgan fingerprint density at radius 2 is 2.00 bits per heavy atom. The van der Waals surface area contributed by atoms with Crippen LogP contribution in [0.5, 0.6) is 0 Å². The SMILES string of the molecule is CCc1ccc(CNc2cccc(CCl)c2)s1. The number of halogens is 1. The van der Waals surface area contributed by atoms with E-state index in [2.05, 4.69) is 36.5 Å². The number of hydrogen-bond acceptors (Lipinski definition) is 2. The predicted octanol–water partition coefficient (Wildman–Crippen LogP) is 4.66. The van der Waals surface area contributed by atoms with E-state index >= 15 is 0 Å². The Kier molecular flexibility index (Phi) is 4.46. The number of hydrogen-bond donors (Lipinski definition) is 1. The largest absolute Gasteiger partial charge is 0.380 e. The Bertz CT molecular complexity index is 479. The van der Waals surface area contributed by atoms with E-state index in [-0.39, 0.29) is 0 Å². The maximum atomic E-state index is 5.81. The van der Waals surface area contributed by atoms with Crippen LogP contribution in [0.3, 0.4) is 0 Å². The molecule has 1 aromatic heterocycles. The van der Waals surface area contributed by atoms with E-state index in [9.17, 15) is 0 Å². The van der Waals surface area contributed by atoms with Gasteiger partial charge in [-0.25, -0.2) is 0 Å². The first-order chi connectivity index (χ1) is 8.31. The first kappa shape index (κ1) is 12.5. The molecule has 0 unspecified atom stereocenters. The lowest BCUT2D eigenvalue weighted by Gasteiger charge is -2.05. The van der Waals surface area contributed by atoms with Gasteiger partial charge in [-0.15, -0.1) is 22.9 Å². The van der Waals surface area contributed by atoms with Gasteiger partial charge in [-0.2, -0.15) is 0 Å². The summed E-state index contributed by atoms with van der Waals surface area (Å²) in [6.07, 6.45) is 1.12. The van der Waals surface area contributed by atoms with Gasteiger partial charge in [-0.3, -0.25) is 0 Å². The van der Waals surface area contributed by atoms with Gasteiger partial charge in [0.1, 0.15) is 0 Å². The topological polar surface area (TPSA) is 12.0 Å². The number of rotatable bonds is 5. The Morgan fingerprint density at radius 1 is 1.18 bits per heavy atom. The molecule has 1 aromatic carbocycles. The Hall–Kier alpha value is -0.990. The van der Waals surface area contributed by atoms with Crippen molar-refractivity contribution in [2.75, 3.05) is 5.32 Å². The molecule has 17 heavy (non-hydrogen) atoms. The maximum absolute atomic E-state index is 5.81. The first-order valence-electron chi connectivity index (χ1n) is 5.78. The van der Waals surface area contributed by atoms with Crippen LogP contribution in [0.25, 0.3) is 0 Å². The third kappa shape index (κ3) is 3.48. The smallest absolute Gasteiger partial charge is 0.0494 e. The molecule has 2 rings (SSSR count). The van der Waals surface area contributed by atoms with Crippen LogP contribution in [-0.2, 0) is 18.8 Å². The minimum atomic E-state index is 0.564. The Labute approximate surface area is 111 Å². The summed E-state index contributed by atoms with van der Waals surface area (Å²) in [6.45, 7) is 3.07. The van der Waals surface area contributed by atoms with Crippen LogP contribution in [0.1, 0.15) is 22.2 Å². The van der Waals surface area contributed by atoms with Gasteiger partial charge in [0.05, 0.1) is 0 Å². The fraction of sp³-hybridized carbons (Fsp3) is 0.286. The number of nitrogens with one attached hydrogen (secondary N) is 1. The highest BCUT2D eigenvalue weighted by Crippen LogP contribution is 2.19. The molecule has 0 aliphatic carbocycles. The number of alkyl halides is 1. The van der Waals surface area contributed by atoms with E-state index in [1.165, 1.54) is 9.75 Å². The molecular formula is C14H16ClNS. The molecular weight excluding hydrogens is 250 g/mol. The average Bonchev–Trinajstić information content (AvgIpc) is 2.84. The Morgan fingerprint density at radius 3 is 2.71 bits per heavy atom. The van der Waals surface area contributed by atoms with E-state index in [4.69, 9.17) is 11.6 Å². The molecule has 0 saturated heterocycles. The van der Waals surface area contributed by atoms with Gasteiger partial charge in [0.25, 0.3) is 0 Å². The summed E-state index contributed by atoms with van der Waals surface area (Å²) in [5, 5.41) is 3.42. The summed E-state index contributed by atoms with van der Waals surface area (Å²) in [6, 6.07) is 12.6. The molecule has 0 atom stereocenters. The molecule has 1 heterocycles. The van der Waals surface area contributed by atoms with Crippen molar-refractivity contribution in [3.63, 3.8) is 0 Å². The van der Waals surface area contributed by atoms with Crippen LogP contribution in [-0.4, -0.2) is 0 Å². The van der Waals surface area contributed by atoms with Gasteiger partial charge in [-0.05, 0) is 36.2 Å². The fourth-order valence-corrected chi connectivity index (χ4v) is 2.72. The number of anilines is 1. The van der Waals surface area contributed by atoms with E-state index in [0.717, 1.165) is 24.2 Å². The zero-order valence-electron chi connectivity index (χ0n) is 9.87. The van der Waals surface area contributed by atoms with Crippen LogP contribution in [0, 0.1) is 0 Å². The second-order valence-corrected chi connectivity index (χ2v) is 5.43. The normalized spacial score (nSPS) is 10.5. The van der Waals surface area contributed by atoms with Crippen LogP contribution < -0.4 is 5.32 Å². The molecule has 0 amide bonds. The molecule has 3 heteroatoms. The second-order valence-electron chi connectivity index (χ2n) is 3.91. The molecule has 0 saturated carbocycles. The zero-order valence-corrected chi connectivity index (χ0v) is 11.4. The van der Waals surface area contributed by atoms with Crippen molar-refractivity contribution in [2.45, 2.75) is 25.8 Å². The summed E-state index contributed by atoms with van der Waals surface area (Å²) in [7, 11) is 0. The third-order valence-electron chi connectivity index (χ3n) is 2.61. The molecule has 2 aromatic rings. The van der Waals surface area contributed by atoms with Crippen molar-refractivity contribution < 1.29 is 0 Å². The molecule has 1 nitrogen and oxygen atoms in total. The first-order valence-corrected chi connectivity index (χ1v) is 7.13. The summed E-state index contributed by atoms with van der Waals surface area (Å²) >= 11 is 7.69. The molecule has 0 aliphatic rings. The van der Waals surface area contributed by atoms with Crippen LogP contribution in [0.15, 0.2) is 36.4 Å². The van der Waals surface area contributed by atoms with Crippen molar-refractivity contribution in [3.8, 4) is 0 Å². The third-order valence-corrected chi connectivity index (χ3v) is 4.15. The highest BCUT2D eigenvalue weighted by atomic mass is 35.5.